The van der Waals surface area contributed by atoms with Gasteiger partial charge < -0.3 is 13.9 Å². The summed E-state index contributed by atoms with van der Waals surface area (Å²) in [6.45, 7) is 1.11. The average molecular weight is 369 g/mol. The monoisotopic (exact) mass is 369 g/mol. The predicted molar refractivity (Wildman–Crippen MR) is 95.2 cm³/mol. The molecule has 0 spiro atoms. The lowest BCUT2D eigenvalue weighted by molar-refractivity contribution is 0.0929. The Morgan fingerprint density at radius 3 is 2.44 bits per heavy atom. The summed E-state index contributed by atoms with van der Waals surface area (Å²) in [7, 11) is 0. The molecule has 1 atom stereocenters. The van der Waals surface area contributed by atoms with Crippen molar-refractivity contribution in [1.29, 1.82) is 0 Å². The number of furan rings is 1. The second kappa shape index (κ2) is 7.72. The van der Waals surface area contributed by atoms with E-state index in [1.54, 1.807) is 6.26 Å². The summed E-state index contributed by atoms with van der Waals surface area (Å²) in [5, 5.41) is 0. The summed E-state index contributed by atoms with van der Waals surface area (Å²) < 4.78 is 44.0. The third-order valence-electron chi connectivity index (χ3n) is 4.29. The number of aliphatic imine (C=N–C) groups is 1. The van der Waals surface area contributed by atoms with Crippen LogP contribution >= 0.6 is 0 Å². The molecule has 0 N–H and O–H groups in total. The van der Waals surface area contributed by atoms with Crippen molar-refractivity contribution >= 4 is 5.90 Å². The lowest BCUT2D eigenvalue weighted by atomic mass is 10.1. The van der Waals surface area contributed by atoms with E-state index in [0.29, 0.717) is 13.2 Å². The molecule has 0 amide bonds. The summed E-state index contributed by atoms with van der Waals surface area (Å²) in [6.07, 6.45) is 1.61. The first-order chi connectivity index (χ1) is 13.2. The van der Waals surface area contributed by atoms with E-state index in [9.17, 15) is 8.78 Å². The average Bonchev–Trinajstić information content (AvgIpc) is 3.35. The van der Waals surface area contributed by atoms with Gasteiger partial charge in [0.2, 0.25) is 5.90 Å². The van der Waals surface area contributed by atoms with Gasteiger partial charge in [-0.3, -0.25) is 0 Å². The zero-order chi connectivity index (χ0) is 18.6. The lowest BCUT2D eigenvalue weighted by Crippen LogP contribution is -2.07. The van der Waals surface area contributed by atoms with Crippen molar-refractivity contribution in [3.8, 4) is 0 Å². The molecule has 0 radical (unpaired) electrons. The molecule has 1 aliphatic heterocycles. The molecule has 1 aliphatic rings. The molecule has 0 saturated heterocycles. The van der Waals surface area contributed by atoms with E-state index in [2.05, 4.69) is 4.99 Å². The number of halogens is 2. The number of nitrogens with zero attached hydrogens (tertiary/aromatic N) is 1. The number of benzene rings is 2. The van der Waals surface area contributed by atoms with Crippen LogP contribution in [0.3, 0.4) is 0 Å². The molecular formula is C21H17F2NO3. The van der Waals surface area contributed by atoms with Crippen molar-refractivity contribution < 1.29 is 22.7 Å². The standard InChI is InChI=1S/C21H17F2NO3/c22-17-4-1-5-18(23)20(17)21-24-19(13-27-21)15-8-6-14(7-9-15)11-25-12-16-3-2-10-26-16/h1-10,19H,11-13H2. The minimum absolute atomic E-state index is 0.00135. The van der Waals surface area contributed by atoms with Crippen LogP contribution in [0.4, 0.5) is 8.78 Å². The van der Waals surface area contributed by atoms with Crippen LogP contribution in [-0.2, 0) is 22.7 Å². The first kappa shape index (κ1) is 17.4. The van der Waals surface area contributed by atoms with E-state index < -0.39 is 11.6 Å². The van der Waals surface area contributed by atoms with Gasteiger partial charge >= 0.3 is 0 Å². The first-order valence-electron chi connectivity index (χ1n) is 8.54. The van der Waals surface area contributed by atoms with Crippen LogP contribution in [0.15, 0.2) is 70.3 Å². The lowest BCUT2D eigenvalue weighted by Gasteiger charge is -2.07. The molecule has 6 heteroatoms. The largest absolute Gasteiger partial charge is 0.475 e. The van der Waals surface area contributed by atoms with E-state index in [4.69, 9.17) is 13.9 Å². The number of rotatable bonds is 6. The fraction of sp³-hybridized carbons (Fsp3) is 0.190. The van der Waals surface area contributed by atoms with Crippen LogP contribution in [0, 0.1) is 11.6 Å². The molecule has 0 fully saturated rings. The SMILES string of the molecule is Fc1cccc(F)c1C1=NC(c2ccc(COCc3ccco3)cc2)CO1. The highest BCUT2D eigenvalue weighted by Gasteiger charge is 2.26. The van der Waals surface area contributed by atoms with Gasteiger partial charge in [0.25, 0.3) is 0 Å². The summed E-state index contributed by atoms with van der Waals surface area (Å²) in [5.41, 5.74) is 1.70. The maximum absolute atomic E-state index is 13.9. The van der Waals surface area contributed by atoms with Gasteiger partial charge in [0.1, 0.15) is 42.2 Å². The first-order valence-corrected chi connectivity index (χ1v) is 8.54. The van der Waals surface area contributed by atoms with Crippen molar-refractivity contribution in [3.63, 3.8) is 0 Å². The molecule has 1 unspecified atom stereocenters. The Bertz CT molecular complexity index is 916. The van der Waals surface area contributed by atoms with Gasteiger partial charge in [-0.2, -0.15) is 0 Å². The Morgan fingerprint density at radius 1 is 0.963 bits per heavy atom. The molecule has 3 aromatic rings. The molecule has 27 heavy (non-hydrogen) atoms. The van der Waals surface area contributed by atoms with Gasteiger partial charge in [-0.1, -0.05) is 30.3 Å². The topological polar surface area (TPSA) is 44.0 Å². The molecule has 138 valence electrons. The smallest absolute Gasteiger partial charge is 0.222 e. The van der Waals surface area contributed by atoms with E-state index in [1.807, 2.05) is 36.4 Å². The van der Waals surface area contributed by atoms with Gasteiger partial charge in [-0.15, -0.1) is 0 Å². The van der Waals surface area contributed by atoms with Crippen LogP contribution < -0.4 is 0 Å². The maximum Gasteiger partial charge on any atom is 0.222 e. The molecule has 1 aromatic heterocycles. The maximum atomic E-state index is 13.9. The van der Waals surface area contributed by atoms with Crippen molar-refractivity contribution in [2.24, 2.45) is 4.99 Å². The summed E-state index contributed by atoms with van der Waals surface area (Å²) in [4.78, 5) is 4.35. The van der Waals surface area contributed by atoms with Gasteiger partial charge in [0.05, 0.1) is 12.9 Å². The zero-order valence-electron chi connectivity index (χ0n) is 14.4. The van der Waals surface area contributed by atoms with Crippen LogP contribution in [0.5, 0.6) is 0 Å². The van der Waals surface area contributed by atoms with Crippen LogP contribution in [0.1, 0.15) is 28.5 Å². The Morgan fingerprint density at radius 2 is 1.74 bits per heavy atom. The fourth-order valence-corrected chi connectivity index (χ4v) is 2.88. The Kier molecular flexibility index (Phi) is 4.98. The minimum Gasteiger partial charge on any atom is -0.475 e. The Balaban J connectivity index is 1.41. The Labute approximate surface area is 155 Å². The van der Waals surface area contributed by atoms with E-state index in [1.165, 1.54) is 18.2 Å². The van der Waals surface area contributed by atoms with E-state index >= 15 is 0 Å². The highest BCUT2D eigenvalue weighted by Crippen LogP contribution is 2.27. The summed E-state index contributed by atoms with van der Waals surface area (Å²) in [5.74, 6) is -0.588. The predicted octanol–water partition coefficient (Wildman–Crippen LogP) is 4.79. The molecule has 2 heterocycles. The van der Waals surface area contributed by atoms with Crippen molar-refractivity contribution in [2.75, 3.05) is 6.61 Å². The second-order valence-electron chi connectivity index (χ2n) is 6.17. The number of ether oxygens (including phenoxy) is 2. The van der Waals surface area contributed by atoms with Crippen molar-refractivity contribution in [1.82, 2.24) is 0 Å². The second-order valence-corrected chi connectivity index (χ2v) is 6.17. The molecule has 4 rings (SSSR count). The molecule has 0 aliphatic carbocycles. The van der Waals surface area contributed by atoms with Crippen molar-refractivity contribution in [2.45, 2.75) is 19.3 Å². The van der Waals surface area contributed by atoms with E-state index in [0.717, 1.165) is 16.9 Å². The molecule has 0 bridgehead atoms. The minimum atomic E-state index is -0.682. The van der Waals surface area contributed by atoms with Gasteiger partial charge in [0.15, 0.2) is 0 Å². The summed E-state index contributed by atoms with van der Waals surface area (Å²) >= 11 is 0. The number of hydrogen-bond acceptors (Lipinski definition) is 4. The van der Waals surface area contributed by atoms with Crippen molar-refractivity contribution in [3.05, 3.63) is 94.9 Å². The normalized spacial score (nSPS) is 16.2. The van der Waals surface area contributed by atoms with Crippen LogP contribution in [0.2, 0.25) is 0 Å². The third-order valence-corrected chi connectivity index (χ3v) is 4.29. The Hall–Kier alpha value is -2.99. The van der Waals surface area contributed by atoms with Crippen LogP contribution in [-0.4, -0.2) is 12.5 Å². The van der Waals surface area contributed by atoms with E-state index in [-0.39, 0.29) is 24.1 Å². The molecular weight excluding hydrogens is 352 g/mol. The van der Waals surface area contributed by atoms with Gasteiger partial charge in [-0.05, 0) is 35.4 Å². The molecule has 4 nitrogen and oxygen atoms in total. The molecule has 2 aromatic carbocycles. The zero-order valence-corrected chi connectivity index (χ0v) is 14.4. The van der Waals surface area contributed by atoms with Crippen LogP contribution in [0.25, 0.3) is 0 Å². The summed E-state index contributed by atoms with van der Waals surface area (Å²) in [6, 6.07) is 14.8. The fourth-order valence-electron chi connectivity index (χ4n) is 2.88. The highest BCUT2D eigenvalue weighted by molar-refractivity contribution is 5.95. The van der Waals surface area contributed by atoms with Gasteiger partial charge in [0, 0.05) is 0 Å². The highest BCUT2D eigenvalue weighted by atomic mass is 19.1. The quantitative estimate of drug-likeness (QED) is 0.627. The molecule has 0 saturated carbocycles. The van der Waals surface area contributed by atoms with Gasteiger partial charge in [-0.25, -0.2) is 13.8 Å². The third kappa shape index (κ3) is 3.90. The number of hydrogen-bond donors (Lipinski definition) is 0.